The van der Waals surface area contributed by atoms with Crippen molar-refractivity contribution in [2.75, 3.05) is 18.5 Å². The van der Waals surface area contributed by atoms with E-state index >= 15 is 0 Å². The molecule has 2 aromatic rings. The maximum Gasteiger partial charge on any atom is 0.306 e. The van der Waals surface area contributed by atoms with E-state index in [0.29, 0.717) is 17.0 Å². The molecule has 1 atom stereocenters. The summed E-state index contributed by atoms with van der Waals surface area (Å²) in [4.78, 5) is 35.6. The average Bonchev–Trinajstić information content (AvgIpc) is 2.66. The summed E-state index contributed by atoms with van der Waals surface area (Å²) in [5.74, 6) is -0.522. The lowest BCUT2D eigenvalue weighted by Crippen LogP contribution is -2.25. The highest BCUT2D eigenvalue weighted by Crippen LogP contribution is 2.28. The molecule has 3 rings (SSSR count). The van der Waals surface area contributed by atoms with Crippen LogP contribution >= 0.6 is 0 Å². The Bertz CT molecular complexity index is 831. The highest BCUT2D eigenvalue weighted by atomic mass is 16.5. The van der Waals surface area contributed by atoms with E-state index in [-0.39, 0.29) is 37.2 Å². The van der Waals surface area contributed by atoms with Crippen LogP contribution < -0.4 is 10.1 Å². The summed E-state index contributed by atoms with van der Waals surface area (Å²) in [7, 11) is 0. The van der Waals surface area contributed by atoms with Crippen molar-refractivity contribution < 1.29 is 23.9 Å². The fourth-order valence-corrected chi connectivity index (χ4v) is 2.69. The summed E-state index contributed by atoms with van der Waals surface area (Å²) in [6.07, 6.45) is 0.200. The molecule has 1 aliphatic rings. The highest BCUT2D eigenvalue weighted by Gasteiger charge is 2.19. The van der Waals surface area contributed by atoms with E-state index in [1.807, 2.05) is 37.3 Å². The Labute approximate surface area is 151 Å². The van der Waals surface area contributed by atoms with Crippen LogP contribution in [0.2, 0.25) is 0 Å². The SMILES string of the molecule is C[C@H](CC(=O)OCC(=O)c1ccc2c(c1)NC(=O)CO2)c1ccccc1. The molecule has 0 radical (unpaired) electrons. The number of carbonyl (C=O) groups is 3. The van der Waals surface area contributed by atoms with Crippen molar-refractivity contribution in [2.45, 2.75) is 19.3 Å². The maximum absolute atomic E-state index is 12.2. The zero-order valence-corrected chi connectivity index (χ0v) is 14.4. The molecule has 6 nitrogen and oxygen atoms in total. The lowest BCUT2D eigenvalue weighted by molar-refractivity contribution is -0.142. The summed E-state index contributed by atoms with van der Waals surface area (Å²) in [5.41, 5.74) is 1.83. The number of ether oxygens (including phenoxy) is 2. The number of carbonyl (C=O) groups excluding carboxylic acids is 3. The Balaban J connectivity index is 1.54. The second-order valence-corrected chi connectivity index (χ2v) is 6.15. The Hall–Kier alpha value is -3.15. The van der Waals surface area contributed by atoms with Crippen LogP contribution in [0.1, 0.15) is 35.2 Å². The summed E-state index contributed by atoms with van der Waals surface area (Å²) < 4.78 is 10.4. The molecule has 1 amide bonds. The van der Waals surface area contributed by atoms with Crippen molar-refractivity contribution >= 4 is 23.3 Å². The first-order valence-corrected chi connectivity index (χ1v) is 8.33. The number of amides is 1. The quantitative estimate of drug-likeness (QED) is 0.638. The van der Waals surface area contributed by atoms with E-state index in [0.717, 1.165) is 5.56 Å². The second kappa shape index (κ2) is 7.82. The minimum atomic E-state index is -0.427. The summed E-state index contributed by atoms with van der Waals surface area (Å²) >= 11 is 0. The fraction of sp³-hybridized carbons (Fsp3) is 0.250. The minimum Gasteiger partial charge on any atom is -0.482 e. The Morgan fingerprint density at radius 1 is 1.19 bits per heavy atom. The largest absolute Gasteiger partial charge is 0.482 e. The van der Waals surface area contributed by atoms with Gasteiger partial charge in [-0.3, -0.25) is 14.4 Å². The number of anilines is 1. The van der Waals surface area contributed by atoms with Crippen LogP contribution in [0.3, 0.4) is 0 Å². The number of hydrogen-bond acceptors (Lipinski definition) is 5. The van der Waals surface area contributed by atoms with Gasteiger partial charge in [0.25, 0.3) is 5.91 Å². The van der Waals surface area contributed by atoms with Gasteiger partial charge < -0.3 is 14.8 Å². The predicted octanol–water partition coefficient (Wildman–Crippen LogP) is 2.94. The minimum absolute atomic E-state index is 0.00917. The fourth-order valence-electron chi connectivity index (χ4n) is 2.69. The Kier molecular flexibility index (Phi) is 5.31. The Morgan fingerprint density at radius 3 is 2.73 bits per heavy atom. The predicted molar refractivity (Wildman–Crippen MR) is 95.3 cm³/mol. The molecule has 134 valence electrons. The van der Waals surface area contributed by atoms with Crippen LogP contribution in [-0.4, -0.2) is 30.9 Å². The number of esters is 1. The van der Waals surface area contributed by atoms with Crippen molar-refractivity contribution in [2.24, 2.45) is 0 Å². The molecule has 2 aromatic carbocycles. The molecular formula is C20H19NO5. The first-order chi connectivity index (χ1) is 12.5. The second-order valence-electron chi connectivity index (χ2n) is 6.15. The summed E-state index contributed by atoms with van der Waals surface area (Å²) in [6, 6.07) is 14.4. The number of hydrogen-bond donors (Lipinski definition) is 1. The van der Waals surface area contributed by atoms with Crippen molar-refractivity contribution in [3.63, 3.8) is 0 Å². The third-order valence-corrected chi connectivity index (χ3v) is 4.14. The molecule has 0 fully saturated rings. The lowest BCUT2D eigenvalue weighted by Gasteiger charge is -2.18. The van der Waals surface area contributed by atoms with Gasteiger partial charge in [-0.05, 0) is 29.7 Å². The third-order valence-electron chi connectivity index (χ3n) is 4.14. The van der Waals surface area contributed by atoms with E-state index < -0.39 is 5.97 Å². The molecule has 1 heterocycles. The van der Waals surface area contributed by atoms with Gasteiger partial charge in [0, 0.05) is 5.56 Å². The van der Waals surface area contributed by atoms with Crippen molar-refractivity contribution in [1.82, 2.24) is 0 Å². The molecule has 0 aromatic heterocycles. The monoisotopic (exact) mass is 353 g/mol. The Morgan fingerprint density at radius 2 is 1.96 bits per heavy atom. The molecule has 0 saturated carbocycles. The van der Waals surface area contributed by atoms with Gasteiger partial charge in [0.15, 0.2) is 19.0 Å². The third kappa shape index (κ3) is 4.27. The number of fused-ring (bicyclic) bond motifs is 1. The smallest absolute Gasteiger partial charge is 0.306 e. The van der Waals surface area contributed by atoms with Crippen LogP contribution in [0.4, 0.5) is 5.69 Å². The number of ketones is 1. The molecule has 0 aliphatic carbocycles. The van der Waals surface area contributed by atoms with Crippen LogP contribution in [0.5, 0.6) is 5.75 Å². The zero-order chi connectivity index (χ0) is 18.5. The highest BCUT2D eigenvalue weighted by molar-refractivity contribution is 6.01. The molecule has 1 aliphatic heterocycles. The van der Waals surface area contributed by atoms with Gasteiger partial charge in [-0.25, -0.2) is 0 Å². The van der Waals surface area contributed by atoms with Gasteiger partial charge in [-0.2, -0.15) is 0 Å². The van der Waals surface area contributed by atoms with Gasteiger partial charge in [-0.15, -0.1) is 0 Å². The van der Waals surface area contributed by atoms with Gasteiger partial charge in [0.05, 0.1) is 12.1 Å². The first kappa shape index (κ1) is 17.7. The number of nitrogens with one attached hydrogen (secondary N) is 1. The van der Waals surface area contributed by atoms with E-state index in [4.69, 9.17) is 9.47 Å². The van der Waals surface area contributed by atoms with E-state index in [1.54, 1.807) is 12.1 Å². The van der Waals surface area contributed by atoms with E-state index in [1.165, 1.54) is 6.07 Å². The lowest BCUT2D eigenvalue weighted by atomic mass is 9.98. The van der Waals surface area contributed by atoms with E-state index in [2.05, 4.69) is 5.32 Å². The molecule has 0 bridgehead atoms. The van der Waals surface area contributed by atoms with Crippen LogP contribution in [-0.2, 0) is 14.3 Å². The van der Waals surface area contributed by atoms with Gasteiger partial charge in [0.2, 0.25) is 0 Å². The zero-order valence-electron chi connectivity index (χ0n) is 14.4. The molecule has 6 heteroatoms. The van der Waals surface area contributed by atoms with Gasteiger partial charge in [0.1, 0.15) is 5.75 Å². The van der Waals surface area contributed by atoms with Crippen molar-refractivity contribution in [1.29, 1.82) is 0 Å². The van der Waals surface area contributed by atoms with Crippen molar-refractivity contribution in [3.8, 4) is 5.75 Å². The number of Topliss-reactive ketones (excluding diaryl/α,β-unsaturated/α-hetero) is 1. The maximum atomic E-state index is 12.2. The van der Waals surface area contributed by atoms with E-state index in [9.17, 15) is 14.4 Å². The summed E-state index contributed by atoms with van der Waals surface area (Å²) in [6.45, 7) is 1.55. The van der Waals surface area contributed by atoms with Crippen molar-refractivity contribution in [3.05, 3.63) is 59.7 Å². The molecular weight excluding hydrogens is 334 g/mol. The van der Waals surface area contributed by atoms with Gasteiger partial charge >= 0.3 is 5.97 Å². The topological polar surface area (TPSA) is 81.7 Å². The molecule has 1 N–H and O–H groups in total. The molecule has 26 heavy (non-hydrogen) atoms. The molecule has 0 spiro atoms. The normalized spacial score (nSPS) is 13.8. The van der Waals surface area contributed by atoms with Crippen LogP contribution in [0, 0.1) is 0 Å². The summed E-state index contributed by atoms with van der Waals surface area (Å²) in [5, 5.41) is 2.64. The van der Waals surface area contributed by atoms with Gasteiger partial charge in [-0.1, -0.05) is 37.3 Å². The van der Waals surface area contributed by atoms with Crippen LogP contribution in [0.15, 0.2) is 48.5 Å². The first-order valence-electron chi connectivity index (χ1n) is 8.33. The number of rotatable bonds is 6. The number of benzene rings is 2. The van der Waals surface area contributed by atoms with Crippen LogP contribution in [0.25, 0.3) is 0 Å². The average molecular weight is 353 g/mol. The molecule has 0 saturated heterocycles. The standard InChI is InChI=1S/C20H19NO5/c1-13(14-5-3-2-4-6-14)9-20(24)26-11-17(22)15-7-8-18-16(10-15)21-19(23)12-25-18/h2-8,10,13H,9,11-12H2,1H3,(H,21,23)/t13-/m1/s1. The molecule has 0 unspecified atom stereocenters.